The van der Waals surface area contributed by atoms with E-state index in [1.165, 1.54) is 18.3 Å². The summed E-state index contributed by atoms with van der Waals surface area (Å²) in [6.45, 7) is 0. The first-order valence-corrected chi connectivity index (χ1v) is 11.8. The van der Waals surface area contributed by atoms with Crippen molar-refractivity contribution in [2.45, 2.75) is 4.90 Å². The Morgan fingerprint density at radius 2 is 1.59 bits per heavy atom. The molecule has 0 radical (unpaired) electrons. The summed E-state index contributed by atoms with van der Waals surface area (Å²) < 4.78 is 32.1. The van der Waals surface area contributed by atoms with Crippen LogP contribution in [0.1, 0.15) is 5.56 Å². The minimum atomic E-state index is -3.85. The van der Waals surface area contributed by atoms with Crippen LogP contribution >= 0.6 is 0 Å². The molecule has 0 aliphatic carbocycles. The van der Waals surface area contributed by atoms with E-state index in [9.17, 15) is 13.2 Å². The maximum Gasteiger partial charge on any atom is 0.345 e. The van der Waals surface area contributed by atoms with Crippen molar-refractivity contribution in [3.8, 4) is 16.9 Å². The number of hydrogen-bond acceptors (Lipinski definition) is 6. The van der Waals surface area contributed by atoms with E-state index >= 15 is 0 Å². The Morgan fingerprint density at radius 3 is 2.35 bits per heavy atom. The van der Waals surface area contributed by atoms with E-state index in [-0.39, 0.29) is 10.5 Å². The van der Waals surface area contributed by atoms with Gasteiger partial charge in [0.2, 0.25) is 0 Å². The Bertz CT molecular complexity index is 1660. The molecule has 8 nitrogen and oxygen atoms in total. The lowest BCUT2D eigenvalue weighted by atomic mass is 10.1. The smallest absolute Gasteiger partial charge is 0.345 e. The first kappa shape index (κ1) is 21.4. The summed E-state index contributed by atoms with van der Waals surface area (Å²) in [4.78, 5) is 15.1. The largest absolute Gasteiger partial charge is 0.422 e. The lowest BCUT2D eigenvalue weighted by Crippen LogP contribution is -2.18. The number of nitrogens with one attached hydrogen (secondary N) is 1. The van der Waals surface area contributed by atoms with Crippen LogP contribution in [0.5, 0.6) is 0 Å². The lowest BCUT2D eigenvalue weighted by molar-refractivity contribution is 0.563. The summed E-state index contributed by atoms with van der Waals surface area (Å²) in [5.41, 5.74) is 1.65. The van der Waals surface area contributed by atoms with E-state index in [0.29, 0.717) is 16.8 Å². The van der Waals surface area contributed by atoms with Gasteiger partial charge < -0.3 is 4.42 Å². The van der Waals surface area contributed by atoms with Crippen LogP contribution in [0.25, 0.3) is 27.9 Å². The molecule has 0 fully saturated rings. The summed E-state index contributed by atoms with van der Waals surface area (Å²) in [6.07, 6.45) is 2.98. The van der Waals surface area contributed by atoms with Gasteiger partial charge in [0.05, 0.1) is 22.4 Å². The molecule has 34 heavy (non-hydrogen) atoms. The molecule has 5 rings (SSSR count). The Hall–Kier alpha value is -4.50. The normalized spacial score (nSPS) is 11.8. The van der Waals surface area contributed by atoms with Gasteiger partial charge in [0.25, 0.3) is 10.0 Å². The molecule has 0 atom stereocenters. The summed E-state index contributed by atoms with van der Waals surface area (Å²) in [5, 5.41) is 9.24. The van der Waals surface area contributed by atoms with Crippen molar-refractivity contribution < 1.29 is 12.8 Å². The van der Waals surface area contributed by atoms with Crippen molar-refractivity contribution in [2.24, 2.45) is 5.10 Å². The van der Waals surface area contributed by atoms with E-state index in [4.69, 9.17) is 4.42 Å². The predicted octanol–water partition coefficient (Wildman–Crippen LogP) is 3.96. The lowest BCUT2D eigenvalue weighted by Gasteiger charge is -2.03. The second kappa shape index (κ2) is 8.80. The molecule has 168 valence electrons. The van der Waals surface area contributed by atoms with E-state index in [1.54, 1.807) is 47.3 Å². The highest BCUT2D eigenvalue weighted by molar-refractivity contribution is 7.89. The number of hydrogen-bond donors (Lipinski definition) is 1. The quantitative estimate of drug-likeness (QED) is 0.230. The van der Waals surface area contributed by atoms with Crippen LogP contribution in [-0.2, 0) is 10.0 Å². The fraction of sp³-hybridized carbons (Fsp3) is 0. The second-order valence-corrected chi connectivity index (χ2v) is 9.03. The van der Waals surface area contributed by atoms with E-state index in [0.717, 1.165) is 11.1 Å². The third-order valence-corrected chi connectivity index (χ3v) is 6.33. The molecule has 0 unspecified atom stereocenters. The SMILES string of the molecule is O=c1oc2ccccc2cc1-c1nn(-c2ccccc2)cc1C=NNS(=O)(=O)c1ccccc1. The highest BCUT2D eigenvalue weighted by Crippen LogP contribution is 2.23. The number of hydrazone groups is 1. The molecule has 2 aromatic heterocycles. The standard InChI is InChI=1S/C25H18N4O4S/c30-25-22(15-18-9-7-8-14-23(18)33-25)24-19(17-29(27-24)20-10-3-1-4-11-20)16-26-28-34(31,32)21-12-5-2-6-13-21/h1-17,28H. The summed E-state index contributed by atoms with van der Waals surface area (Å²) in [6, 6.07) is 26.1. The molecule has 0 amide bonds. The molecule has 3 aromatic carbocycles. The highest BCUT2D eigenvalue weighted by atomic mass is 32.2. The Labute approximate surface area is 194 Å². The van der Waals surface area contributed by atoms with Crippen LogP contribution in [-0.4, -0.2) is 24.4 Å². The first-order chi connectivity index (χ1) is 16.5. The Kier molecular flexibility index (Phi) is 5.52. The van der Waals surface area contributed by atoms with Gasteiger partial charge in [-0.15, -0.1) is 0 Å². The van der Waals surface area contributed by atoms with E-state index in [2.05, 4.69) is 15.0 Å². The van der Waals surface area contributed by atoms with Gasteiger partial charge in [-0.05, 0) is 36.4 Å². The fourth-order valence-electron chi connectivity index (χ4n) is 3.45. The van der Waals surface area contributed by atoms with Crippen molar-refractivity contribution >= 4 is 27.2 Å². The molecule has 0 aliphatic heterocycles. The molecule has 5 aromatic rings. The van der Waals surface area contributed by atoms with E-state index in [1.807, 2.05) is 42.5 Å². The highest BCUT2D eigenvalue weighted by Gasteiger charge is 2.17. The van der Waals surface area contributed by atoms with Gasteiger partial charge in [0, 0.05) is 17.1 Å². The molecule has 0 spiro atoms. The van der Waals surface area contributed by atoms with Crippen molar-refractivity contribution in [1.82, 2.24) is 14.6 Å². The summed E-state index contributed by atoms with van der Waals surface area (Å²) >= 11 is 0. The number of fused-ring (bicyclic) bond motifs is 1. The van der Waals surface area contributed by atoms with Crippen LogP contribution in [0.4, 0.5) is 0 Å². The van der Waals surface area contributed by atoms with Crippen molar-refractivity contribution in [3.05, 3.63) is 113 Å². The van der Waals surface area contributed by atoms with Gasteiger partial charge >= 0.3 is 5.63 Å². The molecular formula is C25H18N4O4S. The zero-order valence-corrected chi connectivity index (χ0v) is 18.5. The number of benzene rings is 3. The Balaban J connectivity index is 1.58. The van der Waals surface area contributed by atoms with Crippen LogP contribution in [0.2, 0.25) is 0 Å². The molecule has 1 N–H and O–H groups in total. The van der Waals surface area contributed by atoms with Crippen molar-refractivity contribution in [2.75, 3.05) is 0 Å². The van der Waals surface area contributed by atoms with Gasteiger partial charge in [-0.1, -0.05) is 54.6 Å². The van der Waals surface area contributed by atoms with Crippen LogP contribution < -0.4 is 10.5 Å². The minimum absolute atomic E-state index is 0.0857. The molecule has 0 aliphatic rings. The monoisotopic (exact) mass is 470 g/mol. The fourth-order valence-corrected chi connectivity index (χ4v) is 4.26. The van der Waals surface area contributed by atoms with Crippen molar-refractivity contribution in [1.29, 1.82) is 0 Å². The number of rotatable bonds is 6. The molecule has 0 bridgehead atoms. The summed E-state index contributed by atoms with van der Waals surface area (Å²) in [5.74, 6) is 0. The van der Waals surface area contributed by atoms with Gasteiger partial charge in [-0.25, -0.2) is 14.3 Å². The Morgan fingerprint density at radius 1 is 0.912 bits per heavy atom. The number of aromatic nitrogens is 2. The predicted molar refractivity (Wildman–Crippen MR) is 129 cm³/mol. The van der Waals surface area contributed by atoms with Crippen LogP contribution in [0, 0.1) is 0 Å². The van der Waals surface area contributed by atoms with Crippen LogP contribution in [0.15, 0.2) is 116 Å². The average molecular weight is 471 g/mol. The number of sulfonamides is 1. The average Bonchev–Trinajstić information content (AvgIpc) is 3.28. The molecular weight excluding hydrogens is 452 g/mol. The third-order valence-electron chi connectivity index (χ3n) is 5.09. The maximum absolute atomic E-state index is 12.8. The topological polar surface area (TPSA) is 107 Å². The van der Waals surface area contributed by atoms with Gasteiger partial charge in [0.1, 0.15) is 11.3 Å². The van der Waals surface area contributed by atoms with Crippen LogP contribution in [0.3, 0.4) is 0 Å². The third kappa shape index (κ3) is 4.24. The first-order valence-electron chi connectivity index (χ1n) is 10.3. The molecule has 0 saturated heterocycles. The van der Waals surface area contributed by atoms with Crippen molar-refractivity contribution in [3.63, 3.8) is 0 Å². The second-order valence-electron chi connectivity index (χ2n) is 7.36. The van der Waals surface area contributed by atoms with Gasteiger partial charge in [0.15, 0.2) is 0 Å². The number of nitrogens with zero attached hydrogens (tertiary/aromatic N) is 3. The van der Waals surface area contributed by atoms with E-state index < -0.39 is 15.6 Å². The number of para-hydroxylation sites is 2. The minimum Gasteiger partial charge on any atom is -0.422 e. The maximum atomic E-state index is 12.8. The molecule has 2 heterocycles. The van der Waals surface area contributed by atoms with Gasteiger partial charge in [-0.3, -0.25) is 0 Å². The zero-order chi connectivity index (χ0) is 23.5. The molecule has 0 saturated carbocycles. The zero-order valence-electron chi connectivity index (χ0n) is 17.7. The van der Waals surface area contributed by atoms with Gasteiger partial charge in [-0.2, -0.15) is 18.6 Å². The molecule has 9 heteroatoms. The summed E-state index contributed by atoms with van der Waals surface area (Å²) in [7, 11) is -3.85.